The van der Waals surface area contributed by atoms with Crippen LogP contribution in [0.4, 0.5) is 5.82 Å². The van der Waals surface area contributed by atoms with Crippen molar-refractivity contribution in [1.29, 1.82) is 0 Å². The molecule has 4 aromatic rings. The largest absolute Gasteiger partial charge is 0.352 e. The van der Waals surface area contributed by atoms with E-state index in [1.807, 2.05) is 35.2 Å². The summed E-state index contributed by atoms with van der Waals surface area (Å²) in [5.74, 6) is 2.00. The maximum Gasteiger partial charge on any atom is 0.253 e. The smallest absolute Gasteiger partial charge is 0.253 e. The molecule has 0 aliphatic carbocycles. The molecule has 0 spiro atoms. The van der Waals surface area contributed by atoms with Crippen LogP contribution >= 0.6 is 27.3 Å². The number of benzene rings is 2. The van der Waals surface area contributed by atoms with Crippen LogP contribution in [0.25, 0.3) is 10.2 Å². The number of anilines is 1. The molecule has 0 unspecified atom stereocenters. The predicted octanol–water partition coefficient (Wildman–Crippen LogP) is 5.82. The van der Waals surface area contributed by atoms with E-state index in [1.54, 1.807) is 11.3 Å². The van der Waals surface area contributed by atoms with Crippen LogP contribution in [0.1, 0.15) is 32.2 Å². The summed E-state index contributed by atoms with van der Waals surface area (Å²) >= 11 is 5.19. The summed E-state index contributed by atoms with van der Waals surface area (Å²) < 4.78 is 0.978. The molecule has 1 aliphatic rings. The van der Waals surface area contributed by atoms with Crippen molar-refractivity contribution >= 4 is 49.2 Å². The lowest BCUT2D eigenvalue weighted by molar-refractivity contribution is 0.0746. The number of carbonyl (C=O) groups is 1. The minimum absolute atomic E-state index is 0.0890. The molecular formula is C27H27BrN4OS. The molecule has 1 saturated heterocycles. The zero-order valence-corrected chi connectivity index (χ0v) is 21.8. The number of halogens is 1. The van der Waals surface area contributed by atoms with E-state index in [2.05, 4.69) is 58.9 Å². The van der Waals surface area contributed by atoms with Crippen LogP contribution in [0, 0.1) is 13.8 Å². The van der Waals surface area contributed by atoms with Crippen LogP contribution in [0.2, 0.25) is 0 Å². The third kappa shape index (κ3) is 4.72. The standard InChI is InChI=1S/C27H27BrN4OS/c1-18-19(2)34-26-24(18)25(29-23(30-26)13-8-20-6-4-3-5-7-20)31-14-16-32(17-15-31)27(33)21-9-11-22(28)12-10-21/h3-7,9-12H,8,13-17H2,1-2H3. The van der Waals surface area contributed by atoms with Crippen molar-refractivity contribution in [2.45, 2.75) is 26.7 Å². The molecule has 0 N–H and O–H groups in total. The molecule has 34 heavy (non-hydrogen) atoms. The van der Waals surface area contributed by atoms with Gasteiger partial charge in [0, 0.05) is 47.5 Å². The van der Waals surface area contributed by atoms with Crippen LogP contribution in [0.5, 0.6) is 0 Å². The van der Waals surface area contributed by atoms with E-state index in [1.165, 1.54) is 21.4 Å². The van der Waals surface area contributed by atoms with Crippen molar-refractivity contribution in [1.82, 2.24) is 14.9 Å². The Morgan fingerprint density at radius 1 is 0.941 bits per heavy atom. The lowest BCUT2D eigenvalue weighted by Crippen LogP contribution is -2.49. The van der Waals surface area contributed by atoms with Crippen molar-refractivity contribution in [3.63, 3.8) is 0 Å². The Hall–Kier alpha value is -2.77. The molecule has 2 aromatic carbocycles. The van der Waals surface area contributed by atoms with E-state index in [9.17, 15) is 4.79 Å². The second kappa shape index (κ2) is 9.84. The maximum atomic E-state index is 13.0. The lowest BCUT2D eigenvalue weighted by Gasteiger charge is -2.36. The first-order valence-corrected chi connectivity index (χ1v) is 13.2. The highest BCUT2D eigenvalue weighted by molar-refractivity contribution is 9.10. The van der Waals surface area contributed by atoms with E-state index < -0.39 is 0 Å². The van der Waals surface area contributed by atoms with E-state index in [4.69, 9.17) is 9.97 Å². The van der Waals surface area contributed by atoms with Crippen molar-refractivity contribution in [2.75, 3.05) is 31.1 Å². The minimum atomic E-state index is 0.0890. The number of piperazine rings is 1. The Morgan fingerprint density at radius 2 is 1.65 bits per heavy atom. The zero-order chi connectivity index (χ0) is 23.7. The van der Waals surface area contributed by atoms with E-state index in [0.717, 1.165) is 52.4 Å². The van der Waals surface area contributed by atoms with Crippen molar-refractivity contribution in [2.24, 2.45) is 0 Å². The molecule has 0 bridgehead atoms. The Kier molecular flexibility index (Phi) is 6.66. The fourth-order valence-electron chi connectivity index (χ4n) is 4.41. The van der Waals surface area contributed by atoms with Crippen LogP contribution < -0.4 is 4.90 Å². The monoisotopic (exact) mass is 534 g/mol. The summed E-state index contributed by atoms with van der Waals surface area (Å²) in [5, 5.41) is 1.17. The van der Waals surface area contributed by atoms with Gasteiger partial charge in [0.05, 0.1) is 5.39 Å². The molecule has 0 saturated carbocycles. The van der Waals surface area contributed by atoms with E-state index in [0.29, 0.717) is 13.1 Å². The Balaban J connectivity index is 1.37. The summed E-state index contributed by atoms with van der Waals surface area (Å²) in [6, 6.07) is 18.1. The van der Waals surface area contributed by atoms with Crippen LogP contribution in [0.15, 0.2) is 59.1 Å². The number of thiophene rings is 1. The molecule has 174 valence electrons. The van der Waals surface area contributed by atoms with Gasteiger partial charge in [-0.1, -0.05) is 46.3 Å². The molecule has 5 nitrogen and oxygen atoms in total. The van der Waals surface area contributed by atoms with Gasteiger partial charge < -0.3 is 9.80 Å². The molecule has 1 aliphatic heterocycles. The van der Waals surface area contributed by atoms with Gasteiger partial charge in [0.25, 0.3) is 5.91 Å². The number of aromatic nitrogens is 2. The van der Waals surface area contributed by atoms with E-state index >= 15 is 0 Å². The number of aryl methyl sites for hydroxylation is 4. The molecular weight excluding hydrogens is 508 g/mol. The summed E-state index contributed by atoms with van der Waals surface area (Å²) in [6.45, 7) is 7.22. The summed E-state index contributed by atoms with van der Waals surface area (Å²) in [7, 11) is 0. The molecule has 2 aromatic heterocycles. The van der Waals surface area contributed by atoms with Gasteiger partial charge in [0.15, 0.2) is 0 Å². The second-order valence-corrected chi connectivity index (χ2v) is 10.8. The first-order valence-electron chi connectivity index (χ1n) is 11.6. The molecule has 0 atom stereocenters. The van der Waals surface area contributed by atoms with Gasteiger partial charge >= 0.3 is 0 Å². The van der Waals surface area contributed by atoms with Gasteiger partial charge in [0.2, 0.25) is 0 Å². The minimum Gasteiger partial charge on any atom is -0.352 e. The first-order chi connectivity index (χ1) is 16.5. The maximum absolute atomic E-state index is 13.0. The number of nitrogens with zero attached hydrogens (tertiary/aromatic N) is 4. The highest BCUT2D eigenvalue weighted by Crippen LogP contribution is 2.35. The van der Waals surface area contributed by atoms with Crippen LogP contribution in [-0.4, -0.2) is 47.0 Å². The third-order valence-electron chi connectivity index (χ3n) is 6.49. The fourth-order valence-corrected chi connectivity index (χ4v) is 5.72. The van der Waals surface area contributed by atoms with E-state index in [-0.39, 0.29) is 5.91 Å². The summed E-state index contributed by atoms with van der Waals surface area (Å²) in [4.78, 5) is 29.6. The molecule has 0 radical (unpaired) electrons. The highest BCUT2D eigenvalue weighted by atomic mass is 79.9. The molecule has 1 fully saturated rings. The van der Waals surface area contributed by atoms with Gasteiger partial charge in [-0.25, -0.2) is 9.97 Å². The van der Waals surface area contributed by atoms with Crippen molar-refractivity contribution < 1.29 is 4.79 Å². The number of hydrogen-bond acceptors (Lipinski definition) is 5. The topological polar surface area (TPSA) is 49.3 Å². The molecule has 7 heteroatoms. The summed E-state index contributed by atoms with van der Waals surface area (Å²) in [5.41, 5.74) is 3.29. The Bertz CT molecular complexity index is 1310. The normalized spacial score (nSPS) is 14.1. The number of rotatable bonds is 5. The zero-order valence-electron chi connectivity index (χ0n) is 19.4. The molecule has 3 heterocycles. The average Bonchev–Trinajstić information content (AvgIpc) is 3.16. The highest BCUT2D eigenvalue weighted by Gasteiger charge is 2.26. The third-order valence-corrected chi connectivity index (χ3v) is 8.12. The van der Waals surface area contributed by atoms with Gasteiger partial charge in [0.1, 0.15) is 16.5 Å². The van der Waals surface area contributed by atoms with Gasteiger partial charge in [-0.2, -0.15) is 0 Å². The van der Waals surface area contributed by atoms with Gasteiger partial charge in [-0.3, -0.25) is 4.79 Å². The summed E-state index contributed by atoms with van der Waals surface area (Å²) in [6.07, 6.45) is 1.73. The van der Waals surface area contributed by atoms with Gasteiger partial charge in [-0.05, 0) is 55.7 Å². The SMILES string of the molecule is Cc1sc2nc(CCc3ccccc3)nc(N3CCN(C(=O)c4ccc(Br)cc4)CC3)c2c1C. The Morgan fingerprint density at radius 3 is 2.35 bits per heavy atom. The molecule has 5 rings (SSSR count). The van der Waals surface area contributed by atoms with Crippen molar-refractivity contribution in [3.05, 3.63) is 86.5 Å². The number of hydrogen-bond donors (Lipinski definition) is 0. The van der Waals surface area contributed by atoms with Gasteiger partial charge in [-0.15, -0.1) is 11.3 Å². The molecule has 1 amide bonds. The van der Waals surface area contributed by atoms with Crippen molar-refractivity contribution in [3.8, 4) is 0 Å². The fraction of sp³-hybridized carbons (Fsp3) is 0.296. The van der Waals surface area contributed by atoms with Crippen LogP contribution in [-0.2, 0) is 12.8 Å². The number of carbonyl (C=O) groups excluding carboxylic acids is 1. The predicted molar refractivity (Wildman–Crippen MR) is 143 cm³/mol. The second-order valence-electron chi connectivity index (χ2n) is 8.70. The Labute approximate surface area is 212 Å². The number of fused-ring (bicyclic) bond motifs is 1. The lowest BCUT2D eigenvalue weighted by atomic mass is 10.1. The average molecular weight is 536 g/mol. The quantitative estimate of drug-likeness (QED) is 0.323. The number of amides is 1. The van der Waals surface area contributed by atoms with Crippen LogP contribution in [0.3, 0.4) is 0 Å². The first kappa shape index (κ1) is 23.0.